The van der Waals surface area contributed by atoms with Crippen molar-refractivity contribution < 1.29 is 75.8 Å². The number of carbonyl (C=O) groups excluding carboxylic acids is 3. The number of ether oxygens (including phenoxy) is 3. The summed E-state index contributed by atoms with van der Waals surface area (Å²) in [6.07, 6.45) is 114. The Labute approximate surface area is 687 Å². The molecule has 0 fully saturated rings. The molecule has 0 amide bonds. The summed E-state index contributed by atoms with van der Waals surface area (Å²) in [5, 5.41) is 20.7. The van der Waals surface area contributed by atoms with Crippen molar-refractivity contribution in [3.63, 3.8) is 0 Å². The number of hydrogen-bond donors (Lipinski definition) is 4. The van der Waals surface area contributed by atoms with Gasteiger partial charge in [0.25, 0.3) is 0 Å². The number of carbonyl (C=O) groups is 3. The minimum atomic E-state index is -4.96. The van der Waals surface area contributed by atoms with Gasteiger partial charge >= 0.3 is 33.6 Å². The van der Waals surface area contributed by atoms with Gasteiger partial charge in [0.2, 0.25) is 0 Å². The van der Waals surface area contributed by atoms with E-state index in [1.807, 2.05) is 12.2 Å². The van der Waals surface area contributed by atoms with E-state index in [1.165, 1.54) is 109 Å². The summed E-state index contributed by atoms with van der Waals surface area (Å²) < 4.78 is 61.3. The van der Waals surface area contributed by atoms with Crippen LogP contribution in [0.5, 0.6) is 0 Å². The molecule has 5 atom stereocenters. The summed E-state index contributed by atoms with van der Waals surface area (Å²) >= 11 is 0. The maximum absolute atomic E-state index is 13.0. The summed E-state index contributed by atoms with van der Waals surface area (Å²) in [5.74, 6) is -1.65. The first-order valence-electron chi connectivity index (χ1n) is 43.7. The maximum atomic E-state index is 13.0. The van der Waals surface area contributed by atoms with E-state index < -0.39 is 91.5 Å². The molecule has 642 valence electrons. The number of aliphatic hydroxyl groups is 2. The van der Waals surface area contributed by atoms with Gasteiger partial charge < -0.3 is 34.2 Å². The molecule has 0 aliphatic rings. The van der Waals surface area contributed by atoms with Gasteiger partial charge in [0.05, 0.1) is 26.4 Å². The fraction of sp³-hybridized carbons (Fsp3) is 0.632. The van der Waals surface area contributed by atoms with Crippen LogP contribution in [0, 0.1) is 0 Å². The zero-order valence-corrected chi connectivity index (χ0v) is 72.3. The van der Waals surface area contributed by atoms with Crippen LogP contribution < -0.4 is 0 Å². The molecule has 113 heavy (non-hydrogen) atoms. The van der Waals surface area contributed by atoms with Gasteiger partial charge in [-0.15, -0.1) is 0 Å². The standard InChI is InChI=1S/C95H156O16P2/c1-4-7-10-13-16-19-22-25-28-31-33-35-37-39-41-43-44-46-48-49-51-53-55-58-60-63-66-69-72-75-78-81-93(98)105-84-90(96)85-107-112(101,102)108-86-91(97)87-109-113(103,104)110-89-92(111-95(100)83-80-77-74-71-68-65-62-57-30-27-24-21-18-15-12-9-6-3)88-106-94(99)82-79-76-73-70-67-64-61-59-56-54-52-50-47-45-42-40-38-36-34-32-29-26-23-20-17-14-11-8-5-2/h7-12,16-21,25-30,33-36,39-42,47,50,62,65,71,74,90-92,96-97H,4-6,13-15,22-24,31-32,37-38,43-46,48-49,51-61,63-64,66-70,72-73,75-89H2,1-3H3,(H,101,102)(H,103,104)/b10-7-,11-8-,12-9-,19-16-,20-17-,21-18-,28-25-,29-26-,30-27-,35-33-,36-34-,41-39-,42-40-,50-47-,65-62-,74-71-. The zero-order chi connectivity index (χ0) is 82.2. The summed E-state index contributed by atoms with van der Waals surface area (Å²) in [6, 6.07) is 0. The lowest BCUT2D eigenvalue weighted by Crippen LogP contribution is -2.30. The fourth-order valence-corrected chi connectivity index (χ4v) is 12.9. The van der Waals surface area contributed by atoms with E-state index in [2.05, 4.69) is 203 Å². The van der Waals surface area contributed by atoms with Gasteiger partial charge in [-0.3, -0.25) is 32.5 Å². The van der Waals surface area contributed by atoms with E-state index >= 15 is 0 Å². The lowest BCUT2D eigenvalue weighted by molar-refractivity contribution is -0.161. The minimum absolute atomic E-state index is 0.0191. The predicted octanol–water partition coefficient (Wildman–Crippen LogP) is 26.7. The van der Waals surface area contributed by atoms with Crippen LogP contribution in [0.2, 0.25) is 0 Å². The highest BCUT2D eigenvalue weighted by molar-refractivity contribution is 7.47. The molecule has 5 unspecified atom stereocenters. The highest BCUT2D eigenvalue weighted by Gasteiger charge is 2.29. The van der Waals surface area contributed by atoms with Crippen LogP contribution in [0.3, 0.4) is 0 Å². The first-order chi connectivity index (χ1) is 55.2. The van der Waals surface area contributed by atoms with E-state index in [0.29, 0.717) is 25.7 Å². The third kappa shape index (κ3) is 87.1. The molecule has 0 aromatic carbocycles. The van der Waals surface area contributed by atoms with E-state index in [1.54, 1.807) is 0 Å². The Kier molecular flexibility index (Phi) is 81.5. The molecular formula is C95H156O16P2. The summed E-state index contributed by atoms with van der Waals surface area (Å²) in [4.78, 5) is 58.8. The Bertz CT molecular complexity index is 2830. The molecule has 0 radical (unpaired) electrons. The quantitative estimate of drug-likeness (QED) is 0.0146. The lowest BCUT2D eigenvalue weighted by Gasteiger charge is -2.21. The van der Waals surface area contributed by atoms with E-state index in [0.717, 1.165) is 154 Å². The van der Waals surface area contributed by atoms with Gasteiger partial charge in [-0.1, -0.05) is 350 Å². The van der Waals surface area contributed by atoms with Crippen molar-refractivity contribution in [3.8, 4) is 0 Å². The molecule has 0 aliphatic heterocycles. The molecule has 16 nitrogen and oxygen atoms in total. The minimum Gasteiger partial charge on any atom is -0.463 e. The number of phosphoric acid groups is 2. The van der Waals surface area contributed by atoms with Crippen molar-refractivity contribution >= 4 is 33.6 Å². The van der Waals surface area contributed by atoms with Crippen molar-refractivity contribution in [3.05, 3.63) is 194 Å². The third-order valence-electron chi connectivity index (χ3n) is 17.8. The lowest BCUT2D eigenvalue weighted by atomic mass is 10.0. The number of rotatable bonds is 81. The average Bonchev–Trinajstić information content (AvgIpc) is 0.897. The molecular weight excluding hydrogens is 1460 g/mol. The summed E-state index contributed by atoms with van der Waals surface area (Å²) in [6.45, 7) is 2.27. The number of aliphatic hydroxyl groups excluding tert-OH is 2. The molecule has 0 saturated carbocycles. The molecule has 0 bridgehead atoms. The Hall–Kier alpha value is -5.61. The molecule has 0 spiro atoms. The highest BCUT2D eigenvalue weighted by Crippen LogP contribution is 2.45. The summed E-state index contributed by atoms with van der Waals surface area (Å²) in [5.41, 5.74) is 0. The number of hydrogen-bond acceptors (Lipinski definition) is 14. The number of esters is 3. The predicted molar refractivity (Wildman–Crippen MR) is 472 cm³/mol. The van der Waals surface area contributed by atoms with Gasteiger partial charge in [0, 0.05) is 19.3 Å². The Morgan fingerprint density at radius 1 is 0.248 bits per heavy atom. The normalized spacial score (nSPS) is 14.8. The SMILES string of the molecule is CC/C=C\C/C=C\C/C=C\C/C=C\C/C=C\C/C=C\CCCCCCCCCCCCC(=O)OCC(COP(=O)(O)OCC(O)COP(=O)(O)OCC(O)COC(=O)CCCCCCCCCCCCCCCCC/C=C\C/C=C\C/C=C\C/C=C\C/C=C\CC)OC(=O)CCC/C=C\C/C=C\C/C=C\C/C=C\C/C=C\CC. The average molecular weight is 1620 g/mol. The molecule has 0 aromatic rings. The second-order valence-electron chi connectivity index (χ2n) is 28.5. The van der Waals surface area contributed by atoms with Gasteiger partial charge in [0.15, 0.2) is 6.10 Å². The van der Waals surface area contributed by atoms with Crippen LogP contribution in [0.1, 0.15) is 329 Å². The highest BCUT2D eigenvalue weighted by atomic mass is 31.2. The van der Waals surface area contributed by atoms with Crippen molar-refractivity contribution in [1.82, 2.24) is 0 Å². The first-order valence-corrected chi connectivity index (χ1v) is 46.7. The van der Waals surface area contributed by atoms with Crippen LogP contribution in [-0.2, 0) is 55.8 Å². The van der Waals surface area contributed by atoms with E-state index in [9.17, 15) is 43.5 Å². The van der Waals surface area contributed by atoms with Gasteiger partial charge in [-0.05, 0) is 154 Å². The largest absolute Gasteiger partial charge is 0.472 e. The molecule has 0 rings (SSSR count). The second-order valence-corrected chi connectivity index (χ2v) is 31.5. The number of unbranched alkanes of at least 4 members (excludes halogenated alkanes) is 26. The number of allylic oxidation sites excluding steroid dienone is 32. The van der Waals surface area contributed by atoms with Crippen molar-refractivity contribution in [2.45, 2.75) is 347 Å². The Morgan fingerprint density at radius 3 is 0.726 bits per heavy atom. The third-order valence-corrected chi connectivity index (χ3v) is 19.7. The molecule has 4 N–H and O–H groups in total. The number of phosphoric ester groups is 2. The van der Waals surface area contributed by atoms with Crippen molar-refractivity contribution in [2.75, 3.05) is 39.6 Å². The first kappa shape index (κ1) is 107. The smallest absolute Gasteiger partial charge is 0.463 e. The molecule has 0 heterocycles. The Balaban J connectivity index is 4.58. The monoisotopic (exact) mass is 1620 g/mol. The summed E-state index contributed by atoms with van der Waals surface area (Å²) in [7, 11) is -9.83. The van der Waals surface area contributed by atoms with Crippen molar-refractivity contribution in [2.24, 2.45) is 0 Å². The van der Waals surface area contributed by atoms with Crippen LogP contribution in [-0.4, -0.2) is 95.9 Å². The van der Waals surface area contributed by atoms with Gasteiger partial charge in [-0.2, -0.15) is 0 Å². The van der Waals surface area contributed by atoms with Gasteiger partial charge in [-0.25, -0.2) is 9.13 Å². The van der Waals surface area contributed by atoms with Crippen LogP contribution >= 0.6 is 15.6 Å². The van der Waals surface area contributed by atoms with Crippen LogP contribution in [0.4, 0.5) is 0 Å². The van der Waals surface area contributed by atoms with Gasteiger partial charge in [0.1, 0.15) is 25.4 Å². The topological polar surface area (TPSA) is 231 Å². The second kappa shape index (κ2) is 85.8. The van der Waals surface area contributed by atoms with Crippen LogP contribution in [0.15, 0.2) is 194 Å². The zero-order valence-electron chi connectivity index (χ0n) is 70.5. The Morgan fingerprint density at radius 2 is 0.451 bits per heavy atom. The molecule has 0 aliphatic carbocycles. The van der Waals surface area contributed by atoms with Crippen LogP contribution in [0.25, 0.3) is 0 Å². The molecule has 0 aromatic heterocycles. The van der Waals surface area contributed by atoms with Crippen molar-refractivity contribution in [1.29, 1.82) is 0 Å². The maximum Gasteiger partial charge on any atom is 0.472 e. The van der Waals surface area contributed by atoms with E-state index in [-0.39, 0.29) is 19.3 Å². The fourth-order valence-electron chi connectivity index (χ4n) is 11.3. The molecule has 0 saturated heterocycles. The van der Waals surface area contributed by atoms with E-state index in [4.69, 9.17) is 32.3 Å². The molecule has 18 heteroatoms.